The predicted octanol–water partition coefficient (Wildman–Crippen LogP) is 3.71. The van der Waals surface area contributed by atoms with Crippen molar-refractivity contribution in [3.05, 3.63) is 83.9 Å². The molecule has 1 aliphatic heterocycles. The molecule has 1 heterocycles. The highest BCUT2D eigenvalue weighted by molar-refractivity contribution is 7.89. The van der Waals surface area contributed by atoms with E-state index in [0.717, 1.165) is 22.5 Å². The van der Waals surface area contributed by atoms with Crippen LogP contribution in [0.2, 0.25) is 0 Å². The number of anilines is 1. The Bertz CT molecular complexity index is 1210. The molecule has 4 rings (SSSR count). The van der Waals surface area contributed by atoms with Gasteiger partial charge in [-0.25, -0.2) is 13.6 Å². The van der Waals surface area contributed by atoms with Crippen LogP contribution >= 0.6 is 0 Å². The fraction of sp³-hybridized carbons (Fsp3) is 0.174. The molecule has 0 amide bonds. The van der Waals surface area contributed by atoms with Gasteiger partial charge in [0.25, 0.3) is 0 Å². The Hall–Kier alpha value is -3.36. The molecule has 1 unspecified atom stereocenters. The minimum atomic E-state index is -3.76. The second-order valence-corrected chi connectivity index (χ2v) is 8.69. The molecule has 0 aliphatic carbocycles. The van der Waals surface area contributed by atoms with Gasteiger partial charge in [0.1, 0.15) is 11.5 Å². The van der Waals surface area contributed by atoms with Gasteiger partial charge in [0.2, 0.25) is 10.0 Å². The lowest BCUT2D eigenvalue weighted by molar-refractivity contribution is 0.394. The summed E-state index contributed by atoms with van der Waals surface area (Å²) < 4.78 is 34.1. The molecule has 8 heteroatoms. The number of rotatable bonds is 6. The number of methoxy groups -OCH3 is 2. The second-order valence-electron chi connectivity index (χ2n) is 7.13. The number of nitrogens with zero attached hydrogens (tertiary/aromatic N) is 2. The first-order chi connectivity index (χ1) is 14.9. The Labute approximate surface area is 181 Å². The Morgan fingerprint density at radius 2 is 1.68 bits per heavy atom. The molecule has 0 aromatic heterocycles. The van der Waals surface area contributed by atoms with E-state index in [9.17, 15) is 8.42 Å². The van der Waals surface area contributed by atoms with Crippen molar-refractivity contribution in [2.24, 2.45) is 10.2 Å². The molecular weight excluding hydrogens is 414 g/mol. The smallest absolute Gasteiger partial charge is 0.238 e. The predicted molar refractivity (Wildman–Crippen MR) is 120 cm³/mol. The number of ether oxygens (including phenoxy) is 2. The van der Waals surface area contributed by atoms with Gasteiger partial charge in [-0.2, -0.15) is 5.10 Å². The van der Waals surface area contributed by atoms with Gasteiger partial charge < -0.3 is 9.47 Å². The number of hydrazone groups is 1. The zero-order valence-corrected chi connectivity index (χ0v) is 18.0. The Morgan fingerprint density at radius 1 is 0.968 bits per heavy atom. The molecule has 0 fully saturated rings. The summed E-state index contributed by atoms with van der Waals surface area (Å²) in [5.74, 6) is 1.38. The Kier molecular flexibility index (Phi) is 5.67. The second kappa shape index (κ2) is 8.41. The third-order valence-electron chi connectivity index (χ3n) is 5.24. The van der Waals surface area contributed by atoms with Crippen LogP contribution < -0.4 is 19.6 Å². The van der Waals surface area contributed by atoms with E-state index in [-0.39, 0.29) is 10.9 Å². The van der Waals surface area contributed by atoms with Crippen LogP contribution in [0.25, 0.3) is 0 Å². The van der Waals surface area contributed by atoms with Crippen LogP contribution in [0.4, 0.5) is 5.69 Å². The molecule has 7 nitrogen and oxygen atoms in total. The maximum absolute atomic E-state index is 11.6. The van der Waals surface area contributed by atoms with E-state index < -0.39 is 10.0 Å². The lowest BCUT2D eigenvalue weighted by Gasteiger charge is -2.24. The fourth-order valence-electron chi connectivity index (χ4n) is 3.67. The summed E-state index contributed by atoms with van der Waals surface area (Å²) in [5, 5.41) is 12.0. The molecule has 0 bridgehead atoms. The summed E-state index contributed by atoms with van der Waals surface area (Å²) in [6.07, 6.45) is 0.656. The number of primary sulfonamides is 1. The molecular formula is C23H23N3O4S. The van der Waals surface area contributed by atoms with Gasteiger partial charge in [-0.3, -0.25) is 5.01 Å². The minimum Gasteiger partial charge on any atom is -0.497 e. The largest absolute Gasteiger partial charge is 0.497 e. The molecule has 3 aromatic rings. The van der Waals surface area contributed by atoms with Crippen LogP contribution in [0.1, 0.15) is 23.6 Å². The first kappa shape index (κ1) is 20.9. The van der Waals surface area contributed by atoms with E-state index in [2.05, 4.69) is 12.1 Å². The van der Waals surface area contributed by atoms with Crippen molar-refractivity contribution in [3.63, 3.8) is 0 Å². The van der Waals surface area contributed by atoms with Crippen LogP contribution in [-0.4, -0.2) is 28.3 Å². The average molecular weight is 438 g/mol. The lowest BCUT2D eigenvalue weighted by Crippen LogP contribution is -2.19. The van der Waals surface area contributed by atoms with Crippen LogP contribution in [0.5, 0.6) is 11.5 Å². The zero-order valence-electron chi connectivity index (χ0n) is 17.2. The van der Waals surface area contributed by atoms with Gasteiger partial charge in [0, 0.05) is 18.1 Å². The summed E-state index contributed by atoms with van der Waals surface area (Å²) in [6.45, 7) is 0. The van der Waals surface area contributed by atoms with Gasteiger partial charge in [0.05, 0.1) is 36.6 Å². The van der Waals surface area contributed by atoms with Gasteiger partial charge in [0.15, 0.2) is 0 Å². The minimum absolute atomic E-state index is 0.0525. The summed E-state index contributed by atoms with van der Waals surface area (Å²) in [5.41, 5.74) is 3.62. The van der Waals surface area contributed by atoms with Crippen molar-refractivity contribution in [1.82, 2.24) is 0 Å². The van der Waals surface area contributed by atoms with Crippen LogP contribution in [0.3, 0.4) is 0 Å². The quantitative estimate of drug-likeness (QED) is 0.634. The summed E-state index contributed by atoms with van der Waals surface area (Å²) in [6, 6.07) is 22.1. The monoisotopic (exact) mass is 437 g/mol. The van der Waals surface area contributed by atoms with Crippen molar-refractivity contribution < 1.29 is 17.9 Å². The maximum Gasteiger partial charge on any atom is 0.238 e. The molecule has 0 saturated carbocycles. The maximum atomic E-state index is 11.6. The third kappa shape index (κ3) is 4.26. The fourth-order valence-corrected chi connectivity index (χ4v) is 4.19. The van der Waals surface area contributed by atoms with E-state index in [4.69, 9.17) is 19.7 Å². The van der Waals surface area contributed by atoms with E-state index in [1.807, 2.05) is 41.4 Å². The lowest BCUT2D eigenvalue weighted by atomic mass is 9.97. The number of hydrogen-bond acceptors (Lipinski definition) is 6. The third-order valence-corrected chi connectivity index (χ3v) is 6.17. The van der Waals surface area contributed by atoms with Crippen LogP contribution in [0.15, 0.2) is 82.8 Å². The van der Waals surface area contributed by atoms with Crippen molar-refractivity contribution in [3.8, 4) is 11.5 Å². The molecule has 0 spiro atoms. The number of sulfonamides is 1. The topological polar surface area (TPSA) is 94.2 Å². The van der Waals surface area contributed by atoms with Gasteiger partial charge >= 0.3 is 0 Å². The van der Waals surface area contributed by atoms with Crippen molar-refractivity contribution in [1.29, 1.82) is 0 Å². The molecule has 1 atom stereocenters. The number of benzene rings is 3. The average Bonchev–Trinajstić information content (AvgIpc) is 3.24. The molecule has 0 saturated heterocycles. The summed E-state index contributed by atoms with van der Waals surface area (Å²) in [4.78, 5) is 0.0627. The van der Waals surface area contributed by atoms with E-state index in [1.165, 1.54) is 12.1 Å². The van der Waals surface area contributed by atoms with Crippen LogP contribution in [-0.2, 0) is 10.0 Å². The first-order valence-corrected chi connectivity index (χ1v) is 11.2. The van der Waals surface area contributed by atoms with Gasteiger partial charge in [-0.05, 0) is 42.0 Å². The Morgan fingerprint density at radius 3 is 2.29 bits per heavy atom. The molecule has 160 valence electrons. The van der Waals surface area contributed by atoms with E-state index in [0.29, 0.717) is 17.9 Å². The highest BCUT2D eigenvalue weighted by Crippen LogP contribution is 2.39. The van der Waals surface area contributed by atoms with Crippen LogP contribution in [0, 0.1) is 0 Å². The summed E-state index contributed by atoms with van der Waals surface area (Å²) >= 11 is 0. The van der Waals surface area contributed by atoms with Crippen molar-refractivity contribution in [2.75, 3.05) is 19.2 Å². The highest BCUT2D eigenvalue weighted by atomic mass is 32.2. The SMILES string of the molecule is COc1ccc(C2=NN(c3ccc(S(N)(=O)=O)cc3)C(c3ccccc3)C2)c(OC)c1. The van der Waals surface area contributed by atoms with Crippen molar-refractivity contribution in [2.45, 2.75) is 17.4 Å². The molecule has 1 aliphatic rings. The first-order valence-electron chi connectivity index (χ1n) is 9.67. The van der Waals surface area contributed by atoms with Gasteiger partial charge in [-0.15, -0.1) is 0 Å². The molecule has 31 heavy (non-hydrogen) atoms. The molecule has 0 radical (unpaired) electrons. The number of hydrogen-bond donors (Lipinski definition) is 1. The molecule has 2 N–H and O–H groups in total. The normalized spacial score (nSPS) is 16.2. The van der Waals surface area contributed by atoms with Gasteiger partial charge in [-0.1, -0.05) is 30.3 Å². The van der Waals surface area contributed by atoms with E-state index in [1.54, 1.807) is 26.4 Å². The zero-order chi connectivity index (χ0) is 22.0. The summed E-state index contributed by atoms with van der Waals surface area (Å²) in [7, 11) is -0.533. The Balaban J connectivity index is 1.77. The molecule has 3 aromatic carbocycles. The number of nitrogens with two attached hydrogens (primary N) is 1. The highest BCUT2D eigenvalue weighted by Gasteiger charge is 2.31. The standard InChI is InChI=1S/C23H23N3O4S/c1-29-18-10-13-20(23(14-18)30-2)21-15-22(16-6-4-3-5-7-16)26(25-21)17-8-11-19(12-9-17)31(24,27)28/h3-14,22H,15H2,1-2H3,(H2,24,27,28). The van der Waals surface area contributed by atoms with E-state index >= 15 is 0 Å². The van der Waals surface area contributed by atoms with Crippen molar-refractivity contribution >= 4 is 21.4 Å².